The molecule has 1 aromatic carbocycles. The molecule has 0 radical (unpaired) electrons. The topological polar surface area (TPSA) is 84.4 Å². The Hall–Kier alpha value is -2.39. The van der Waals surface area contributed by atoms with Crippen molar-refractivity contribution in [2.75, 3.05) is 25.5 Å². The summed E-state index contributed by atoms with van der Waals surface area (Å²) in [4.78, 5) is 26.7. The number of amides is 2. The van der Waals surface area contributed by atoms with Gasteiger partial charge in [0.1, 0.15) is 17.4 Å². The molecular weight excluding hydrogens is 359 g/mol. The van der Waals surface area contributed by atoms with E-state index in [9.17, 15) is 14.0 Å². The van der Waals surface area contributed by atoms with Crippen LogP contribution in [0.15, 0.2) is 24.3 Å². The number of carbonyl (C=O) groups excluding carboxylic acids is 2. The van der Waals surface area contributed by atoms with Gasteiger partial charge in [0, 0.05) is 25.8 Å². The fourth-order valence-electron chi connectivity index (χ4n) is 2.84. The second-order valence-electron chi connectivity index (χ2n) is 6.02. The summed E-state index contributed by atoms with van der Waals surface area (Å²) in [6.45, 7) is 1.25. The highest BCUT2D eigenvalue weighted by molar-refractivity contribution is 7.15. The van der Waals surface area contributed by atoms with E-state index in [0.717, 1.165) is 6.42 Å². The van der Waals surface area contributed by atoms with Crippen molar-refractivity contribution in [1.82, 2.24) is 15.1 Å². The van der Waals surface area contributed by atoms with Crippen LogP contribution in [-0.2, 0) is 16.1 Å². The van der Waals surface area contributed by atoms with Gasteiger partial charge in [-0.05, 0) is 37.1 Å². The molecule has 0 unspecified atom stereocenters. The number of ether oxygens (including phenoxy) is 1. The summed E-state index contributed by atoms with van der Waals surface area (Å²) in [6.07, 6.45) is 1.43. The molecule has 1 N–H and O–H groups in total. The summed E-state index contributed by atoms with van der Waals surface area (Å²) in [5, 5.41) is 11.7. The number of hydrogen-bond donors (Lipinski definition) is 1. The molecule has 7 nitrogen and oxygen atoms in total. The van der Waals surface area contributed by atoms with Gasteiger partial charge in [-0.3, -0.25) is 9.59 Å². The first kappa shape index (κ1) is 18.4. The Kier molecular flexibility index (Phi) is 5.89. The van der Waals surface area contributed by atoms with Crippen molar-refractivity contribution >= 4 is 28.3 Å². The molecule has 1 saturated heterocycles. The predicted molar refractivity (Wildman–Crippen MR) is 94.3 cm³/mol. The molecule has 26 heavy (non-hydrogen) atoms. The van der Waals surface area contributed by atoms with Gasteiger partial charge in [-0.15, -0.1) is 10.2 Å². The number of methoxy groups -OCH3 is 1. The molecule has 0 spiro atoms. The summed E-state index contributed by atoms with van der Waals surface area (Å²) in [5.41, 5.74) is 0.417. The van der Waals surface area contributed by atoms with E-state index in [0.29, 0.717) is 41.8 Å². The van der Waals surface area contributed by atoms with E-state index in [4.69, 9.17) is 4.74 Å². The smallest absolute Gasteiger partial charge is 0.253 e. The molecule has 1 aliphatic heterocycles. The average molecular weight is 378 g/mol. The summed E-state index contributed by atoms with van der Waals surface area (Å²) >= 11 is 1.26. The van der Waals surface area contributed by atoms with Crippen molar-refractivity contribution in [3.05, 3.63) is 40.7 Å². The standard InChI is InChI=1S/C17H19FN4O3S/c1-25-10-14-20-21-17(26-14)19-15(23)12-3-2-8-22(9-12)16(24)11-4-6-13(18)7-5-11/h4-7,12H,2-3,8-10H2,1H3,(H,19,21,23)/t12-/m0/s1. The Morgan fingerprint density at radius 1 is 1.35 bits per heavy atom. The molecule has 1 atom stereocenters. The molecule has 0 saturated carbocycles. The number of halogens is 1. The number of carbonyl (C=O) groups is 2. The zero-order valence-corrected chi connectivity index (χ0v) is 15.1. The van der Waals surface area contributed by atoms with Gasteiger partial charge in [0.2, 0.25) is 11.0 Å². The van der Waals surface area contributed by atoms with Gasteiger partial charge in [-0.2, -0.15) is 0 Å². The van der Waals surface area contributed by atoms with Crippen LogP contribution in [0.2, 0.25) is 0 Å². The molecule has 2 heterocycles. The Morgan fingerprint density at radius 3 is 2.85 bits per heavy atom. The molecular formula is C17H19FN4O3S. The maximum Gasteiger partial charge on any atom is 0.253 e. The highest BCUT2D eigenvalue weighted by atomic mass is 32.1. The van der Waals surface area contributed by atoms with E-state index in [-0.39, 0.29) is 23.5 Å². The number of benzene rings is 1. The van der Waals surface area contributed by atoms with Gasteiger partial charge < -0.3 is 15.0 Å². The minimum atomic E-state index is -0.387. The fraction of sp³-hybridized carbons (Fsp3) is 0.412. The van der Waals surface area contributed by atoms with Gasteiger partial charge in [0.15, 0.2) is 0 Å². The number of anilines is 1. The van der Waals surface area contributed by atoms with Gasteiger partial charge in [-0.25, -0.2) is 4.39 Å². The fourth-order valence-corrected chi connectivity index (χ4v) is 3.56. The van der Waals surface area contributed by atoms with Gasteiger partial charge in [-0.1, -0.05) is 11.3 Å². The zero-order valence-electron chi connectivity index (χ0n) is 14.3. The van der Waals surface area contributed by atoms with Crippen LogP contribution in [-0.4, -0.2) is 47.1 Å². The molecule has 1 aliphatic rings. The van der Waals surface area contributed by atoms with Crippen molar-refractivity contribution in [3.63, 3.8) is 0 Å². The molecule has 3 rings (SSSR count). The largest absolute Gasteiger partial charge is 0.377 e. The number of likely N-dealkylation sites (tertiary alicyclic amines) is 1. The molecule has 2 aromatic rings. The van der Waals surface area contributed by atoms with E-state index in [1.54, 1.807) is 12.0 Å². The first-order valence-corrected chi connectivity index (χ1v) is 9.05. The highest BCUT2D eigenvalue weighted by Gasteiger charge is 2.29. The maximum absolute atomic E-state index is 13.0. The van der Waals surface area contributed by atoms with Crippen LogP contribution < -0.4 is 5.32 Å². The van der Waals surface area contributed by atoms with Crippen molar-refractivity contribution in [2.45, 2.75) is 19.4 Å². The highest BCUT2D eigenvalue weighted by Crippen LogP contribution is 2.22. The lowest BCUT2D eigenvalue weighted by atomic mass is 9.96. The number of nitrogens with one attached hydrogen (secondary N) is 1. The van der Waals surface area contributed by atoms with E-state index in [2.05, 4.69) is 15.5 Å². The SMILES string of the molecule is COCc1nnc(NC(=O)[C@H]2CCCN(C(=O)c3ccc(F)cc3)C2)s1. The van der Waals surface area contributed by atoms with Crippen molar-refractivity contribution < 1.29 is 18.7 Å². The van der Waals surface area contributed by atoms with E-state index < -0.39 is 0 Å². The average Bonchev–Trinajstić information content (AvgIpc) is 3.09. The Bertz CT molecular complexity index is 781. The van der Waals surface area contributed by atoms with E-state index in [1.807, 2.05) is 0 Å². The van der Waals surface area contributed by atoms with Crippen LogP contribution in [0.1, 0.15) is 28.2 Å². The van der Waals surface area contributed by atoms with Crippen molar-refractivity contribution in [1.29, 1.82) is 0 Å². The molecule has 9 heteroatoms. The number of hydrogen-bond acceptors (Lipinski definition) is 6. The summed E-state index contributed by atoms with van der Waals surface area (Å²) < 4.78 is 18.0. The van der Waals surface area contributed by atoms with Crippen LogP contribution in [0, 0.1) is 11.7 Å². The van der Waals surface area contributed by atoms with Gasteiger partial charge in [0.05, 0.1) is 5.92 Å². The summed E-state index contributed by atoms with van der Waals surface area (Å²) in [5.74, 6) is -1.08. The molecule has 1 fully saturated rings. The normalized spacial score (nSPS) is 17.2. The quantitative estimate of drug-likeness (QED) is 0.863. The lowest BCUT2D eigenvalue weighted by Gasteiger charge is -2.32. The lowest BCUT2D eigenvalue weighted by Crippen LogP contribution is -2.43. The number of aromatic nitrogens is 2. The van der Waals surface area contributed by atoms with Gasteiger partial charge in [0.25, 0.3) is 5.91 Å². The van der Waals surface area contributed by atoms with Crippen molar-refractivity contribution in [3.8, 4) is 0 Å². The maximum atomic E-state index is 13.0. The molecule has 1 aromatic heterocycles. The predicted octanol–water partition coefficient (Wildman–Crippen LogP) is 2.31. The number of piperidine rings is 1. The number of rotatable bonds is 5. The second-order valence-corrected chi connectivity index (χ2v) is 7.08. The monoisotopic (exact) mass is 378 g/mol. The van der Waals surface area contributed by atoms with Crippen LogP contribution in [0.25, 0.3) is 0 Å². The molecule has 2 amide bonds. The minimum Gasteiger partial charge on any atom is -0.377 e. The third-order valence-electron chi connectivity index (χ3n) is 4.14. The third-order valence-corrected chi connectivity index (χ3v) is 4.95. The van der Waals surface area contributed by atoms with Crippen LogP contribution >= 0.6 is 11.3 Å². The van der Waals surface area contributed by atoms with Crippen LogP contribution in [0.5, 0.6) is 0 Å². The van der Waals surface area contributed by atoms with Crippen LogP contribution in [0.4, 0.5) is 9.52 Å². The first-order chi connectivity index (χ1) is 12.6. The van der Waals surface area contributed by atoms with E-state index in [1.165, 1.54) is 35.6 Å². The van der Waals surface area contributed by atoms with Gasteiger partial charge >= 0.3 is 0 Å². The van der Waals surface area contributed by atoms with Crippen molar-refractivity contribution in [2.24, 2.45) is 5.92 Å². The Morgan fingerprint density at radius 2 is 2.12 bits per heavy atom. The number of nitrogens with zero attached hydrogens (tertiary/aromatic N) is 3. The zero-order chi connectivity index (χ0) is 18.5. The third kappa shape index (κ3) is 4.41. The second kappa shape index (κ2) is 8.33. The van der Waals surface area contributed by atoms with E-state index >= 15 is 0 Å². The lowest BCUT2D eigenvalue weighted by molar-refractivity contribution is -0.121. The molecule has 138 valence electrons. The Balaban J connectivity index is 1.60. The summed E-state index contributed by atoms with van der Waals surface area (Å²) in [7, 11) is 1.56. The first-order valence-electron chi connectivity index (χ1n) is 8.24. The summed E-state index contributed by atoms with van der Waals surface area (Å²) in [6, 6.07) is 5.43. The Labute approximate surface area is 154 Å². The molecule has 0 aliphatic carbocycles. The van der Waals surface area contributed by atoms with Crippen LogP contribution in [0.3, 0.4) is 0 Å². The molecule has 0 bridgehead atoms. The minimum absolute atomic E-state index is 0.179.